The number of hydrogen-bond donors (Lipinski definition) is 3. The van der Waals surface area contributed by atoms with E-state index in [-0.39, 0.29) is 5.95 Å². The average molecular weight is 239 g/mol. The van der Waals surface area contributed by atoms with Gasteiger partial charge in [0, 0.05) is 17.1 Å². The fourth-order valence-corrected chi connectivity index (χ4v) is 2.62. The second-order valence-corrected chi connectivity index (χ2v) is 4.87. The van der Waals surface area contributed by atoms with Crippen LogP contribution >= 0.6 is 0 Å². The summed E-state index contributed by atoms with van der Waals surface area (Å²) in [5.74, 6) is 1.30. The van der Waals surface area contributed by atoms with Crippen LogP contribution in [0.3, 0.4) is 0 Å². The monoisotopic (exact) mass is 239 g/mol. The Bertz CT molecular complexity index is 770. The lowest BCUT2D eigenvalue weighted by Crippen LogP contribution is -2.02. The van der Waals surface area contributed by atoms with E-state index in [2.05, 4.69) is 21.0 Å². The summed E-state index contributed by atoms with van der Waals surface area (Å²) in [6.45, 7) is 0. The van der Waals surface area contributed by atoms with Crippen molar-refractivity contribution in [3.8, 4) is 0 Å². The van der Waals surface area contributed by atoms with Crippen molar-refractivity contribution in [3.05, 3.63) is 23.9 Å². The Kier molecular flexibility index (Phi) is 1.69. The van der Waals surface area contributed by atoms with Crippen LogP contribution in [-0.4, -0.2) is 15.0 Å². The summed E-state index contributed by atoms with van der Waals surface area (Å²) >= 11 is 0. The molecular weight excluding hydrogens is 226 g/mol. The normalized spacial score (nSPS) is 15.6. The summed E-state index contributed by atoms with van der Waals surface area (Å²) in [5, 5.41) is 1.98. The molecule has 5 heteroatoms. The lowest BCUT2D eigenvalue weighted by atomic mass is 10.0. The van der Waals surface area contributed by atoms with E-state index in [4.69, 9.17) is 11.5 Å². The highest BCUT2D eigenvalue weighted by Crippen LogP contribution is 2.45. The van der Waals surface area contributed by atoms with E-state index in [9.17, 15) is 0 Å². The molecule has 18 heavy (non-hydrogen) atoms. The fraction of sp³-hybridized carbons (Fsp3) is 0.231. The van der Waals surface area contributed by atoms with E-state index in [0.29, 0.717) is 11.7 Å². The second kappa shape index (κ2) is 3.13. The van der Waals surface area contributed by atoms with E-state index < -0.39 is 0 Å². The zero-order valence-corrected chi connectivity index (χ0v) is 9.77. The van der Waals surface area contributed by atoms with Gasteiger partial charge in [-0.2, -0.15) is 4.98 Å². The van der Waals surface area contributed by atoms with Crippen molar-refractivity contribution in [3.63, 3.8) is 0 Å². The topological polar surface area (TPSA) is 93.6 Å². The largest absolute Gasteiger partial charge is 0.383 e. The molecule has 4 rings (SSSR count). The number of nitrogens with one attached hydrogen (secondary N) is 1. The first kappa shape index (κ1) is 9.70. The zero-order chi connectivity index (χ0) is 12.3. The van der Waals surface area contributed by atoms with Crippen LogP contribution in [0.4, 0.5) is 11.8 Å². The van der Waals surface area contributed by atoms with Gasteiger partial charge in [-0.05, 0) is 36.5 Å². The van der Waals surface area contributed by atoms with Crippen LogP contribution in [0.15, 0.2) is 18.3 Å². The Labute approximate surface area is 103 Å². The molecule has 5 nitrogen and oxygen atoms in total. The molecule has 1 aliphatic rings. The number of rotatable bonds is 1. The number of aromatic nitrogens is 3. The first-order valence-electron chi connectivity index (χ1n) is 6.06. The number of anilines is 2. The molecule has 0 unspecified atom stereocenters. The van der Waals surface area contributed by atoms with Gasteiger partial charge in [-0.15, -0.1) is 0 Å². The van der Waals surface area contributed by atoms with Crippen LogP contribution in [0, 0.1) is 0 Å². The molecule has 1 saturated carbocycles. The summed E-state index contributed by atoms with van der Waals surface area (Å²) in [6, 6.07) is 4.17. The number of nitrogens with two attached hydrogens (primary N) is 2. The Morgan fingerprint density at radius 2 is 2.06 bits per heavy atom. The van der Waals surface area contributed by atoms with E-state index in [1.807, 2.05) is 12.3 Å². The molecule has 1 aromatic carbocycles. The molecular formula is C13H13N5. The first-order chi connectivity index (χ1) is 8.74. The summed E-state index contributed by atoms with van der Waals surface area (Å²) in [7, 11) is 0. The Morgan fingerprint density at radius 1 is 1.22 bits per heavy atom. The number of nitrogens with zero attached hydrogens (tertiary/aromatic N) is 2. The number of benzene rings is 1. The Morgan fingerprint density at radius 3 is 2.83 bits per heavy atom. The summed E-state index contributed by atoms with van der Waals surface area (Å²) in [6.07, 6.45) is 4.34. The van der Waals surface area contributed by atoms with Gasteiger partial charge in [-0.1, -0.05) is 0 Å². The predicted molar refractivity (Wildman–Crippen MR) is 72.2 cm³/mol. The Balaban J connectivity index is 2.25. The SMILES string of the molecule is Nc1nc(N)c2c(n1)c(C1CC1)cc1[nH]ccc12. The van der Waals surface area contributed by atoms with Crippen molar-refractivity contribution in [2.24, 2.45) is 0 Å². The predicted octanol–water partition coefficient (Wildman–Crippen LogP) is 2.15. The van der Waals surface area contributed by atoms with Crippen LogP contribution in [0.1, 0.15) is 24.3 Å². The van der Waals surface area contributed by atoms with Gasteiger partial charge in [0.15, 0.2) is 0 Å². The zero-order valence-electron chi connectivity index (χ0n) is 9.77. The lowest BCUT2D eigenvalue weighted by Gasteiger charge is -2.09. The van der Waals surface area contributed by atoms with Crippen LogP contribution < -0.4 is 11.5 Å². The molecule has 5 N–H and O–H groups in total. The molecule has 0 saturated heterocycles. The minimum atomic E-state index is 0.247. The minimum Gasteiger partial charge on any atom is -0.383 e. The van der Waals surface area contributed by atoms with Crippen LogP contribution in [0.5, 0.6) is 0 Å². The van der Waals surface area contributed by atoms with E-state index in [0.717, 1.165) is 21.8 Å². The molecule has 0 atom stereocenters. The number of hydrogen-bond acceptors (Lipinski definition) is 4. The summed E-state index contributed by atoms with van der Waals surface area (Å²) in [5.41, 5.74) is 15.0. The van der Waals surface area contributed by atoms with Crippen LogP contribution in [-0.2, 0) is 0 Å². The third-order valence-corrected chi connectivity index (χ3v) is 3.59. The van der Waals surface area contributed by atoms with Crippen molar-refractivity contribution >= 4 is 33.6 Å². The Hall–Kier alpha value is -2.30. The van der Waals surface area contributed by atoms with Crippen molar-refractivity contribution in [1.29, 1.82) is 0 Å². The van der Waals surface area contributed by atoms with Gasteiger partial charge in [0.2, 0.25) is 5.95 Å². The van der Waals surface area contributed by atoms with Gasteiger partial charge in [0.05, 0.1) is 10.9 Å². The van der Waals surface area contributed by atoms with Gasteiger partial charge in [0.1, 0.15) is 5.82 Å². The van der Waals surface area contributed by atoms with Crippen molar-refractivity contribution in [2.45, 2.75) is 18.8 Å². The van der Waals surface area contributed by atoms with E-state index >= 15 is 0 Å². The minimum absolute atomic E-state index is 0.247. The fourth-order valence-electron chi connectivity index (χ4n) is 2.62. The molecule has 1 fully saturated rings. The van der Waals surface area contributed by atoms with Crippen molar-refractivity contribution in [2.75, 3.05) is 11.5 Å². The van der Waals surface area contributed by atoms with Gasteiger partial charge in [-0.3, -0.25) is 0 Å². The summed E-state index contributed by atoms with van der Waals surface area (Å²) in [4.78, 5) is 11.7. The smallest absolute Gasteiger partial charge is 0.222 e. The van der Waals surface area contributed by atoms with E-state index in [1.54, 1.807) is 0 Å². The van der Waals surface area contributed by atoms with Crippen molar-refractivity contribution in [1.82, 2.24) is 15.0 Å². The standard InChI is InChI=1S/C13H13N5/c14-12-10-7-3-4-16-9(7)5-8(6-1-2-6)11(10)17-13(15)18-12/h3-6,16H,1-2H2,(H4,14,15,17,18). The highest BCUT2D eigenvalue weighted by atomic mass is 15.0. The van der Waals surface area contributed by atoms with Crippen molar-refractivity contribution < 1.29 is 0 Å². The number of H-pyrrole nitrogens is 1. The average Bonchev–Trinajstić information content (AvgIpc) is 3.06. The highest BCUT2D eigenvalue weighted by Gasteiger charge is 2.27. The quantitative estimate of drug-likeness (QED) is 0.606. The maximum absolute atomic E-state index is 6.03. The van der Waals surface area contributed by atoms with E-state index in [1.165, 1.54) is 18.4 Å². The second-order valence-electron chi connectivity index (χ2n) is 4.87. The number of nitrogen functional groups attached to an aromatic ring is 2. The molecule has 3 aromatic rings. The maximum atomic E-state index is 6.03. The van der Waals surface area contributed by atoms with Crippen LogP contribution in [0.25, 0.3) is 21.8 Å². The van der Waals surface area contributed by atoms with Gasteiger partial charge in [-0.25, -0.2) is 4.98 Å². The molecule has 0 bridgehead atoms. The maximum Gasteiger partial charge on any atom is 0.222 e. The molecule has 1 aliphatic carbocycles. The molecule has 0 amide bonds. The summed E-state index contributed by atoms with van der Waals surface area (Å²) < 4.78 is 0. The van der Waals surface area contributed by atoms with Gasteiger partial charge in [0.25, 0.3) is 0 Å². The number of aromatic amines is 1. The third kappa shape index (κ3) is 1.21. The molecule has 2 heterocycles. The molecule has 0 radical (unpaired) electrons. The van der Waals surface area contributed by atoms with Crippen LogP contribution in [0.2, 0.25) is 0 Å². The third-order valence-electron chi connectivity index (χ3n) is 3.59. The molecule has 0 spiro atoms. The highest BCUT2D eigenvalue weighted by molar-refractivity contribution is 6.11. The van der Waals surface area contributed by atoms with Gasteiger partial charge < -0.3 is 16.5 Å². The number of fused-ring (bicyclic) bond motifs is 3. The molecule has 2 aromatic heterocycles. The first-order valence-corrected chi connectivity index (χ1v) is 6.06. The lowest BCUT2D eigenvalue weighted by molar-refractivity contribution is 1.13. The van der Waals surface area contributed by atoms with Gasteiger partial charge >= 0.3 is 0 Å². The molecule has 0 aliphatic heterocycles. The molecule has 90 valence electrons.